The number of carbonyl (C=O) groups excluding carboxylic acids is 3. The SMILES string of the molecule is COc1cccc(NC(=O)[C@H](Cc2ccccc2)N2C(=O)[C@@H]3[C@H]4C=C[C@@H]([C@@H]5C[C@H]45)[C@@H]3C2=O)c1. The third-order valence-electron chi connectivity index (χ3n) is 7.92. The van der Waals surface area contributed by atoms with Gasteiger partial charge in [0, 0.05) is 18.2 Å². The number of nitrogens with one attached hydrogen (secondary N) is 1. The minimum Gasteiger partial charge on any atom is -0.497 e. The average Bonchev–Trinajstić information content (AvgIpc) is 3.62. The second-order valence-electron chi connectivity index (χ2n) is 9.63. The van der Waals surface area contributed by atoms with Gasteiger partial charge in [0.1, 0.15) is 11.8 Å². The molecule has 4 aliphatic carbocycles. The van der Waals surface area contributed by atoms with Crippen molar-refractivity contribution in [2.45, 2.75) is 18.9 Å². The molecule has 0 spiro atoms. The van der Waals surface area contributed by atoms with Gasteiger partial charge in [0.15, 0.2) is 0 Å². The van der Waals surface area contributed by atoms with Crippen molar-refractivity contribution in [1.29, 1.82) is 0 Å². The normalized spacial score (nSPS) is 31.7. The van der Waals surface area contributed by atoms with Crippen LogP contribution >= 0.6 is 0 Å². The molecule has 5 aliphatic rings. The molecule has 33 heavy (non-hydrogen) atoms. The highest BCUT2D eigenvalue weighted by Gasteiger charge is 2.67. The Bertz CT molecular complexity index is 1120. The molecule has 0 unspecified atom stereocenters. The number of nitrogens with zero attached hydrogens (tertiary/aromatic N) is 1. The number of hydrogen-bond donors (Lipinski definition) is 1. The summed E-state index contributed by atoms with van der Waals surface area (Å²) in [7, 11) is 1.56. The summed E-state index contributed by atoms with van der Waals surface area (Å²) in [6.45, 7) is 0. The predicted octanol–water partition coefficient (Wildman–Crippen LogP) is 3.30. The van der Waals surface area contributed by atoms with Crippen LogP contribution in [0.1, 0.15) is 12.0 Å². The molecule has 7 rings (SSSR count). The van der Waals surface area contributed by atoms with Crippen molar-refractivity contribution in [3.63, 3.8) is 0 Å². The van der Waals surface area contributed by atoms with E-state index in [1.807, 2.05) is 30.3 Å². The molecule has 2 aromatic rings. The number of amides is 3. The van der Waals surface area contributed by atoms with Crippen LogP contribution in [0.15, 0.2) is 66.7 Å². The topological polar surface area (TPSA) is 75.7 Å². The predicted molar refractivity (Wildman–Crippen MR) is 122 cm³/mol. The van der Waals surface area contributed by atoms with Gasteiger partial charge in [-0.2, -0.15) is 0 Å². The number of likely N-dealkylation sites (tertiary alicyclic amines) is 1. The molecule has 1 heterocycles. The molecular formula is C27H26N2O4. The fourth-order valence-electron chi connectivity index (χ4n) is 6.35. The zero-order valence-electron chi connectivity index (χ0n) is 18.4. The van der Waals surface area contributed by atoms with Crippen LogP contribution < -0.4 is 10.1 Å². The summed E-state index contributed by atoms with van der Waals surface area (Å²) in [4.78, 5) is 42.2. The van der Waals surface area contributed by atoms with Gasteiger partial charge in [-0.15, -0.1) is 0 Å². The monoisotopic (exact) mass is 442 g/mol. The van der Waals surface area contributed by atoms with Crippen molar-refractivity contribution in [3.05, 3.63) is 72.3 Å². The smallest absolute Gasteiger partial charge is 0.248 e. The average molecular weight is 443 g/mol. The van der Waals surface area contributed by atoms with Crippen LogP contribution in [-0.4, -0.2) is 35.8 Å². The van der Waals surface area contributed by atoms with Crippen LogP contribution in [-0.2, 0) is 20.8 Å². The van der Waals surface area contributed by atoms with Crippen LogP contribution in [0.5, 0.6) is 5.75 Å². The molecule has 2 bridgehead atoms. The third kappa shape index (κ3) is 3.19. The van der Waals surface area contributed by atoms with Crippen molar-refractivity contribution >= 4 is 23.4 Å². The van der Waals surface area contributed by atoms with E-state index in [0.717, 1.165) is 12.0 Å². The lowest BCUT2D eigenvalue weighted by molar-refractivity contribution is -0.146. The number of rotatable bonds is 6. The van der Waals surface area contributed by atoms with Crippen molar-refractivity contribution in [1.82, 2.24) is 4.90 Å². The van der Waals surface area contributed by atoms with E-state index in [-0.39, 0.29) is 47.8 Å². The van der Waals surface area contributed by atoms with Gasteiger partial charge in [0.05, 0.1) is 18.9 Å². The summed E-state index contributed by atoms with van der Waals surface area (Å²) in [6, 6.07) is 15.7. The van der Waals surface area contributed by atoms with Gasteiger partial charge >= 0.3 is 0 Å². The summed E-state index contributed by atoms with van der Waals surface area (Å²) in [5.41, 5.74) is 1.47. The van der Waals surface area contributed by atoms with E-state index >= 15 is 0 Å². The fraction of sp³-hybridized carbons (Fsp3) is 0.370. The molecule has 6 nitrogen and oxygen atoms in total. The standard InChI is InChI=1S/C27H26N2O4/c1-33-17-9-5-8-16(13-17)28-25(30)22(12-15-6-3-2-4-7-15)29-26(31)23-18-10-11-19(21-14-20(18)21)24(23)27(29)32/h2-11,13,18-24H,12,14H2,1H3,(H,28,30)/t18-,19-,20-,21+,22-,23-,24+/m0/s1. The van der Waals surface area contributed by atoms with E-state index in [1.165, 1.54) is 4.90 Å². The molecule has 1 aliphatic heterocycles. The molecule has 1 saturated heterocycles. The Labute approximate surface area is 192 Å². The van der Waals surface area contributed by atoms with Crippen molar-refractivity contribution in [2.24, 2.45) is 35.5 Å². The van der Waals surface area contributed by atoms with Gasteiger partial charge in [-0.25, -0.2) is 0 Å². The highest BCUT2D eigenvalue weighted by molar-refractivity contribution is 6.10. The Morgan fingerprint density at radius 3 is 2.30 bits per heavy atom. The zero-order chi connectivity index (χ0) is 22.7. The fourth-order valence-corrected chi connectivity index (χ4v) is 6.35. The van der Waals surface area contributed by atoms with Crippen LogP contribution in [0.4, 0.5) is 5.69 Å². The van der Waals surface area contributed by atoms with Gasteiger partial charge in [-0.1, -0.05) is 48.6 Å². The first-order valence-corrected chi connectivity index (χ1v) is 11.6. The Kier molecular flexibility index (Phi) is 4.64. The first kappa shape index (κ1) is 20.2. The van der Waals surface area contributed by atoms with Crippen molar-refractivity contribution < 1.29 is 19.1 Å². The van der Waals surface area contributed by atoms with Crippen LogP contribution in [0.25, 0.3) is 0 Å². The molecule has 6 heteroatoms. The lowest BCUT2D eigenvalue weighted by atomic mass is 9.63. The van der Waals surface area contributed by atoms with Gasteiger partial charge in [-0.3, -0.25) is 19.3 Å². The molecule has 2 saturated carbocycles. The van der Waals surface area contributed by atoms with Gasteiger partial charge in [0.25, 0.3) is 0 Å². The minimum atomic E-state index is -0.903. The highest BCUT2D eigenvalue weighted by atomic mass is 16.5. The second kappa shape index (κ2) is 7.58. The maximum absolute atomic E-state index is 13.7. The molecule has 2 aromatic carbocycles. The number of ether oxygens (including phenoxy) is 1. The number of benzene rings is 2. The molecule has 3 amide bonds. The van der Waals surface area contributed by atoms with E-state index in [2.05, 4.69) is 17.5 Å². The highest BCUT2D eigenvalue weighted by Crippen LogP contribution is 2.65. The number of carbonyl (C=O) groups is 3. The van der Waals surface area contributed by atoms with E-state index in [1.54, 1.807) is 31.4 Å². The van der Waals surface area contributed by atoms with Crippen molar-refractivity contribution in [3.8, 4) is 5.75 Å². The molecule has 168 valence electrons. The number of hydrogen-bond acceptors (Lipinski definition) is 4. The van der Waals surface area contributed by atoms with Gasteiger partial charge in [-0.05, 0) is 47.8 Å². The summed E-state index contributed by atoms with van der Waals surface area (Å²) in [5.74, 6) is 0.556. The molecule has 1 N–H and O–H groups in total. The molecule has 0 aromatic heterocycles. The number of allylic oxidation sites excluding steroid dienone is 2. The molecular weight excluding hydrogens is 416 g/mol. The molecule has 3 fully saturated rings. The van der Waals surface area contributed by atoms with E-state index in [9.17, 15) is 14.4 Å². The first-order chi connectivity index (χ1) is 16.1. The van der Waals surface area contributed by atoms with E-state index in [0.29, 0.717) is 23.3 Å². The summed E-state index contributed by atoms with van der Waals surface area (Å²) in [5, 5.41) is 2.91. The first-order valence-electron chi connectivity index (χ1n) is 11.6. The zero-order valence-corrected chi connectivity index (χ0v) is 18.4. The largest absolute Gasteiger partial charge is 0.497 e. The number of methoxy groups -OCH3 is 1. The van der Waals surface area contributed by atoms with Crippen molar-refractivity contribution in [2.75, 3.05) is 12.4 Å². The van der Waals surface area contributed by atoms with Crippen LogP contribution in [0, 0.1) is 35.5 Å². The third-order valence-corrected chi connectivity index (χ3v) is 7.92. The summed E-state index contributed by atoms with van der Waals surface area (Å²) in [6.07, 6.45) is 5.69. The number of imide groups is 1. The van der Waals surface area contributed by atoms with E-state index in [4.69, 9.17) is 4.74 Å². The van der Waals surface area contributed by atoms with Gasteiger partial charge < -0.3 is 10.1 Å². The maximum atomic E-state index is 13.7. The Morgan fingerprint density at radius 2 is 1.67 bits per heavy atom. The number of anilines is 1. The molecule has 7 atom stereocenters. The summed E-state index contributed by atoms with van der Waals surface area (Å²) >= 11 is 0. The molecule has 0 radical (unpaired) electrons. The quantitative estimate of drug-likeness (QED) is 0.550. The van der Waals surface area contributed by atoms with Crippen LogP contribution in [0.3, 0.4) is 0 Å². The van der Waals surface area contributed by atoms with Gasteiger partial charge in [0.2, 0.25) is 17.7 Å². The maximum Gasteiger partial charge on any atom is 0.248 e. The minimum absolute atomic E-state index is 0.130. The second-order valence-corrected chi connectivity index (χ2v) is 9.63. The van der Waals surface area contributed by atoms with E-state index < -0.39 is 6.04 Å². The summed E-state index contributed by atoms with van der Waals surface area (Å²) < 4.78 is 5.26. The Morgan fingerprint density at radius 1 is 1.00 bits per heavy atom. The Balaban J connectivity index is 1.32. The lowest BCUT2D eigenvalue weighted by Gasteiger charge is -2.37. The Hall–Kier alpha value is -3.41. The van der Waals surface area contributed by atoms with Crippen LogP contribution in [0.2, 0.25) is 0 Å². The lowest BCUT2D eigenvalue weighted by Crippen LogP contribution is -2.49.